The van der Waals surface area contributed by atoms with Crippen LogP contribution in [0.15, 0.2) is 60.7 Å². The molecule has 2 amide bonds. The highest BCUT2D eigenvalue weighted by Crippen LogP contribution is 2.31. The van der Waals surface area contributed by atoms with E-state index in [2.05, 4.69) is 6.92 Å². The first kappa shape index (κ1) is 20.9. The number of hydrogen-bond acceptors (Lipinski definition) is 3. The fourth-order valence-corrected chi connectivity index (χ4v) is 3.96. The smallest absolute Gasteiger partial charge is 0.411 e. The molecular formula is C24H30N2O3. The Balaban J connectivity index is 1.78. The number of nitrogens with zero attached hydrogens (tertiary/aromatic N) is 2. The molecule has 0 aromatic heterocycles. The molecule has 1 heterocycles. The summed E-state index contributed by atoms with van der Waals surface area (Å²) >= 11 is 0. The van der Waals surface area contributed by atoms with E-state index in [9.17, 15) is 9.59 Å². The largest absolute Gasteiger partial charge is 0.444 e. The highest BCUT2D eigenvalue weighted by atomic mass is 16.6. The van der Waals surface area contributed by atoms with Crippen LogP contribution in [0, 0.1) is 5.92 Å². The topological polar surface area (TPSA) is 49.9 Å². The van der Waals surface area contributed by atoms with Crippen LogP contribution in [-0.2, 0) is 16.1 Å². The van der Waals surface area contributed by atoms with E-state index in [1.165, 1.54) is 0 Å². The molecule has 0 saturated carbocycles. The molecule has 1 aliphatic rings. The van der Waals surface area contributed by atoms with Gasteiger partial charge >= 0.3 is 6.09 Å². The number of rotatable bonds is 6. The third kappa shape index (κ3) is 4.78. The molecule has 5 nitrogen and oxygen atoms in total. The van der Waals surface area contributed by atoms with E-state index in [4.69, 9.17) is 4.74 Å². The summed E-state index contributed by atoms with van der Waals surface area (Å²) in [4.78, 5) is 29.6. The van der Waals surface area contributed by atoms with Crippen molar-refractivity contribution in [3.8, 4) is 0 Å². The average Bonchev–Trinajstić information content (AvgIpc) is 2.76. The van der Waals surface area contributed by atoms with Gasteiger partial charge in [-0.25, -0.2) is 4.79 Å². The van der Waals surface area contributed by atoms with E-state index in [1.54, 1.807) is 9.80 Å². The molecule has 0 radical (unpaired) electrons. The van der Waals surface area contributed by atoms with Crippen molar-refractivity contribution in [2.24, 2.45) is 5.92 Å². The maximum absolute atomic E-state index is 13.1. The van der Waals surface area contributed by atoms with E-state index in [-0.39, 0.29) is 43.3 Å². The summed E-state index contributed by atoms with van der Waals surface area (Å²) in [6, 6.07) is 19.3. The summed E-state index contributed by atoms with van der Waals surface area (Å²) in [7, 11) is 0. The Morgan fingerprint density at radius 3 is 2.34 bits per heavy atom. The van der Waals surface area contributed by atoms with Gasteiger partial charge in [-0.05, 0) is 24.5 Å². The summed E-state index contributed by atoms with van der Waals surface area (Å²) in [5.74, 6) is -0.175. The Morgan fingerprint density at radius 1 is 1.10 bits per heavy atom. The van der Waals surface area contributed by atoms with Gasteiger partial charge in [-0.15, -0.1) is 0 Å². The van der Waals surface area contributed by atoms with E-state index < -0.39 is 0 Å². The van der Waals surface area contributed by atoms with Gasteiger partial charge in [-0.3, -0.25) is 9.69 Å². The molecule has 5 heteroatoms. The molecule has 2 aromatic carbocycles. The molecule has 29 heavy (non-hydrogen) atoms. The minimum absolute atomic E-state index is 0.0897. The molecule has 3 rings (SSSR count). The number of carbonyl (C=O) groups excluding carboxylic acids is 2. The van der Waals surface area contributed by atoms with E-state index in [1.807, 2.05) is 74.5 Å². The number of ether oxygens (including phenoxy) is 1. The summed E-state index contributed by atoms with van der Waals surface area (Å²) in [6.07, 6.45) is 1.32. The Hall–Kier alpha value is -2.82. The maximum atomic E-state index is 13.1. The fourth-order valence-electron chi connectivity index (χ4n) is 3.96. The Kier molecular flexibility index (Phi) is 6.91. The second-order valence-electron chi connectivity index (χ2n) is 7.69. The highest BCUT2D eigenvalue weighted by Gasteiger charge is 2.42. The van der Waals surface area contributed by atoms with Gasteiger partial charge in [-0.1, -0.05) is 80.9 Å². The van der Waals surface area contributed by atoms with Crippen molar-refractivity contribution in [2.45, 2.75) is 52.3 Å². The molecule has 1 fully saturated rings. The van der Waals surface area contributed by atoms with Crippen LogP contribution in [0.4, 0.5) is 4.79 Å². The zero-order chi connectivity index (χ0) is 20.8. The Labute approximate surface area is 173 Å². The second-order valence-corrected chi connectivity index (χ2v) is 7.69. The van der Waals surface area contributed by atoms with Gasteiger partial charge in [0.15, 0.2) is 0 Å². The van der Waals surface area contributed by atoms with Crippen molar-refractivity contribution in [3.63, 3.8) is 0 Å². The van der Waals surface area contributed by atoms with Crippen LogP contribution in [0.25, 0.3) is 0 Å². The lowest BCUT2D eigenvalue weighted by Gasteiger charge is -2.46. The first-order valence-corrected chi connectivity index (χ1v) is 10.4. The molecule has 0 spiro atoms. The van der Waals surface area contributed by atoms with Gasteiger partial charge in [0.2, 0.25) is 5.91 Å². The minimum Gasteiger partial charge on any atom is -0.444 e. The van der Waals surface area contributed by atoms with Crippen molar-refractivity contribution in [1.29, 1.82) is 0 Å². The second kappa shape index (κ2) is 9.59. The first-order chi connectivity index (χ1) is 14.0. The molecule has 154 valence electrons. The lowest BCUT2D eigenvalue weighted by atomic mass is 9.91. The van der Waals surface area contributed by atoms with Crippen molar-refractivity contribution < 1.29 is 14.3 Å². The van der Waals surface area contributed by atoms with E-state index in [0.717, 1.165) is 24.0 Å². The standard InChI is InChI=1S/C24H30N2O3/c1-4-11-22-18(2)23(27)25(19(3)21-14-9-6-10-15-21)17-26(22)24(28)29-16-20-12-7-5-8-13-20/h5-10,12-15,18-19,22H,4,11,16-17H2,1-3H3/t18-,19-,22+/m0/s1. The summed E-state index contributed by atoms with van der Waals surface area (Å²) < 4.78 is 5.61. The molecular weight excluding hydrogens is 364 g/mol. The van der Waals surface area contributed by atoms with Crippen LogP contribution in [-0.4, -0.2) is 34.5 Å². The molecule has 1 aliphatic heterocycles. The normalized spacial score (nSPS) is 20.4. The first-order valence-electron chi connectivity index (χ1n) is 10.4. The molecule has 0 aliphatic carbocycles. The fraction of sp³-hybridized carbons (Fsp3) is 0.417. The van der Waals surface area contributed by atoms with Crippen LogP contribution in [0.5, 0.6) is 0 Å². The number of hydrogen-bond donors (Lipinski definition) is 0. The monoisotopic (exact) mass is 394 g/mol. The van der Waals surface area contributed by atoms with Crippen molar-refractivity contribution >= 4 is 12.0 Å². The van der Waals surface area contributed by atoms with Crippen molar-refractivity contribution in [3.05, 3.63) is 71.8 Å². The van der Waals surface area contributed by atoms with Gasteiger partial charge in [0.1, 0.15) is 6.61 Å². The average molecular weight is 395 g/mol. The van der Waals surface area contributed by atoms with Crippen LogP contribution in [0.1, 0.15) is 50.8 Å². The van der Waals surface area contributed by atoms with Crippen LogP contribution in [0.2, 0.25) is 0 Å². The summed E-state index contributed by atoms with van der Waals surface area (Å²) in [5.41, 5.74) is 2.00. The highest BCUT2D eigenvalue weighted by molar-refractivity contribution is 5.82. The van der Waals surface area contributed by atoms with Crippen LogP contribution < -0.4 is 0 Å². The SMILES string of the molecule is CCC[C@@H]1[C@H](C)C(=O)N([C@@H](C)c2ccccc2)CN1C(=O)OCc1ccccc1. The van der Waals surface area contributed by atoms with Crippen LogP contribution >= 0.6 is 0 Å². The summed E-state index contributed by atoms with van der Waals surface area (Å²) in [6.45, 7) is 6.48. The summed E-state index contributed by atoms with van der Waals surface area (Å²) in [5, 5.41) is 0. The predicted molar refractivity (Wildman–Crippen MR) is 113 cm³/mol. The molecule has 3 atom stereocenters. The van der Waals surface area contributed by atoms with Gasteiger partial charge < -0.3 is 9.64 Å². The maximum Gasteiger partial charge on any atom is 0.411 e. The number of benzene rings is 2. The predicted octanol–water partition coefficient (Wildman–Crippen LogP) is 4.99. The Morgan fingerprint density at radius 2 is 1.72 bits per heavy atom. The lowest BCUT2D eigenvalue weighted by Crippen LogP contribution is -2.60. The van der Waals surface area contributed by atoms with Gasteiger partial charge in [-0.2, -0.15) is 0 Å². The molecule has 0 bridgehead atoms. The van der Waals surface area contributed by atoms with Crippen LogP contribution in [0.3, 0.4) is 0 Å². The molecule has 0 N–H and O–H groups in total. The lowest BCUT2D eigenvalue weighted by molar-refractivity contribution is -0.149. The van der Waals surface area contributed by atoms with Gasteiger partial charge in [0, 0.05) is 6.04 Å². The van der Waals surface area contributed by atoms with Gasteiger partial charge in [0.25, 0.3) is 0 Å². The third-order valence-electron chi connectivity index (χ3n) is 5.73. The van der Waals surface area contributed by atoms with Crippen molar-refractivity contribution in [1.82, 2.24) is 9.80 Å². The molecule has 2 aromatic rings. The Bertz CT molecular complexity index is 809. The van der Waals surface area contributed by atoms with E-state index >= 15 is 0 Å². The number of carbonyl (C=O) groups is 2. The van der Waals surface area contributed by atoms with E-state index in [0.29, 0.717) is 0 Å². The molecule has 1 saturated heterocycles. The zero-order valence-corrected chi connectivity index (χ0v) is 17.5. The van der Waals surface area contributed by atoms with Crippen molar-refractivity contribution in [2.75, 3.05) is 6.67 Å². The zero-order valence-electron chi connectivity index (χ0n) is 17.5. The third-order valence-corrected chi connectivity index (χ3v) is 5.73. The number of amides is 2. The molecule has 0 unspecified atom stereocenters. The quantitative estimate of drug-likeness (QED) is 0.693. The van der Waals surface area contributed by atoms with Gasteiger partial charge in [0.05, 0.1) is 18.6 Å². The minimum atomic E-state index is -0.364.